The number of carbonyl (C=O) groups excluding carboxylic acids is 3. The van der Waals surface area contributed by atoms with E-state index in [1.54, 1.807) is 28.0 Å². The molecule has 0 spiro atoms. The first-order valence-corrected chi connectivity index (χ1v) is 11.9. The first kappa shape index (κ1) is 21.0. The van der Waals surface area contributed by atoms with Crippen LogP contribution in [0.4, 0.5) is 0 Å². The third-order valence-electron chi connectivity index (χ3n) is 7.72. The lowest BCUT2D eigenvalue weighted by atomic mass is 10.1. The number of aromatic nitrogens is 3. The van der Waals surface area contributed by atoms with Crippen LogP contribution in [-0.2, 0) is 16.1 Å². The molecule has 6 rings (SSSR count). The number of nitrogens with zero attached hydrogens (tertiary/aromatic N) is 4. The van der Waals surface area contributed by atoms with Gasteiger partial charge in [-0.25, -0.2) is 0 Å². The highest BCUT2D eigenvalue weighted by Gasteiger charge is 2.58. The van der Waals surface area contributed by atoms with E-state index in [9.17, 15) is 14.4 Å². The molecule has 8 nitrogen and oxygen atoms in total. The Morgan fingerprint density at radius 1 is 1.15 bits per heavy atom. The van der Waals surface area contributed by atoms with Gasteiger partial charge in [0.2, 0.25) is 11.8 Å². The molecule has 0 radical (unpaired) electrons. The normalized spacial score (nSPS) is 29.1. The Morgan fingerprint density at radius 2 is 1.94 bits per heavy atom. The molecule has 0 bridgehead atoms. The molecule has 5 atom stereocenters. The number of hydrogen-bond donors (Lipinski definition) is 1. The molecule has 174 valence electrons. The Kier molecular flexibility index (Phi) is 4.62. The lowest BCUT2D eigenvalue weighted by Crippen LogP contribution is -2.51. The zero-order chi connectivity index (χ0) is 23.6. The summed E-state index contributed by atoms with van der Waals surface area (Å²) in [7, 11) is 0. The van der Waals surface area contributed by atoms with Crippen LogP contribution in [0.1, 0.15) is 55.1 Å². The molecule has 2 saturated carbocycles. The van der Waals surface area contributed by atoms with E-state index in [0.29, 0.717) is 34.9 Å². The number of Topliss-reactive ketones (excluding diaryl/α,β-unsaturated/α-hetero) is 1. The molecule has 3 heterocycles. The van der Waals surface area contributed by atoms with Gasteiger partial charge in [-0.3, -0.25) is 24.0 Å². The van der Waals surface area contributed by atoms with Gasteiger partial charge in [-0.05, 0) is 43.7 Å². The maximum absolute atomic E-state index is 13.4. The van der Waals surface area contributed by atoms with Crippen LogP contribution in [0, 0.1) is 5.92 Å². The number of piperidine rings is 1. The number of ketones is 1. The van der Waals surface area contributed by atoms with Crippen LogP contribution < -0.4 is 5.32 Å². The Hall–Kier alpha value is -3.55. The van der Waals surface area contributed by atoms with E-state index in [1.807, 2.05) is 18.2 Å². The molecule has 34 heavy (non-hydrogen) atoms. The van der Waals surface area contributed by atoms with Crippen molar-refractivity contribution in [2.45, 2.75) is 63.2 Å². The summed E-state index contributed by atoms with van der Waals surface area (Å²) >= 11 is 0. The number of nitrogens with one attached hydrogen (secondary N) is 1. The molecule has 1 aromatic carbocycles. The molecule has 2 aromatic heterocycles. The van der Waals surface area contributed by atoms with Gasteiger partial charge in [0.05, 0.1) is 11.7 Å². The van der Waals surface area contributed by atoms with Crippen LogP contribution in [0.3, 0.4) is 0 Å². The van der Waals surface area contributed by atoms with Crippen molar-refractivity contribution in [2.24, 2.45) is 5.92 Å². The van der Waals surface area contributed by atoms with Gasteiger partial charge in [-0.1, -0.05) is 30.3 Å². The third kappa shape index (κ3) is 3.40. The Balaban J connectivity index is 1.19. The lowest BCUT2D eigenvalue weighted by Gasteiger charge is -2.28. The monoisotopic (exact) mass is 457 g/mol. The highest BCUT2D eigenvalue weighted by atomic mass is 16.2. The number of amides is 2. The average Bonchev–Trinajstić information content (AvgIpc) is 3.65. The standard InChI is InChI=1S/C26H27N5O3/c1-15(32)24-18-8-9-27-13-22(18)30(29-24)14-23(33)31-20-10-17(20)11-21(31)25(34)28-26(2)12-19(26)16-6-4-3-5-7-16/h3-9,13,17,19-21H,10-12,14H2,1-2H3,(H,28,34)/t17-,19-,20-,21+,26+/m1/s1. The van der Waals surface area contributed by atoms with Crippen molar-refractivity contribution in [3.8, 4) is 0 Å². The van der Waals surface area contributed by atoms with Gasteiger partial charge >= 0.3 is 0 Å². The van der Waals surface area contributed by atoms with Crippen LogP contribution in [0.15, 0.2) is 48.8 Å². The number of carbonyl (C=O) groups is 3. The number of rotatable bonds is 6. The highest BCUT2D eigenvalue weighted by molar-refractivity contribution is 6.04. The van der Waals surface area contributed by atoms with Gasteiger partial charge in [0.15, 0.2) is 5.78 Å². The molecule has 3 aliphatic rings. The van der Waals surface area contributed by atoms with Crippen LogP contribution in [0.25, 0.3) is 10.9 Å². The van der Waals surface area contributed by atoms with E-state index in [1.165, 1.54) is 12.5 Å². The smallest absolute Gasteiger partial charge is 0.245 e. The van der Waals surface area contributed by atoms with E-state index in [2.05, 4.69) is 34.5 Å². The minimum Gasteiger partial charge on any atom is -0.349 e. The molecule has 3 fully saturated rings. The van der Waals surface area contributed by atoms with Crippen molar-refractivity contribution in [1.29, 1.82) is 0 Å². The second-order valence-electron chi connectivity index (χ2n) is 10.1. The minimum atomic E-state index is -0.461. The highest BCUT2D eigenvalue weighted by Crippen LogP contribution is 2.52. The number of fused-ring (bicyclic) bond motifs is 2. The van der Waals surface area contributed by atoms with Gasteiger partial charge in [-0.2, -0.15) is 5.10 Å². The van der Waals surface area contributed by atoms with E-state index in [-0.39, 0.29) is 35.7 Å². The zero-order valence-corrected chi connectivity index (χ0v) is 19.3. The summed E-state index contributed by atoms with van der Waals surface area (Å²) in [6.07, 6.45) is 5.78. The molecule has 8 heteroatoms. The van der Waals surface area contributed by atoms with Crippen LogP contribution in [0.5, 0.6) is 0 Å². The van der Waals surface area contributed by atoms with E-state index in [4.69, 9.17) is 0 Å². The van der Waals surface area contributed by atoms with Crippen molar-refractivity contribution in [3.63, 3.8) is 0 Å². The summed E-state index contributed by atoms with van der Waals surface area (Å²) in [4.78, 5) is 44.7. The molecular weight excluding hydrogens is 430 g/mol. The molecule has 3 aromatic rings. The largest absolute Gasteiger partial charge is 0.349 e. The summed E-state index contributed by atoms with van der Waals surface area (Å²) in [6, 6.07) is 11.6. The fraction of sp³-hybridized carbons (Fsp3) is 0.423. The first-order chi connectivity index (χ1) is 16.4. The quantitative estimate of drug-likeness (QED) is 0.574. The van der Waals surface area contributed by atoms with Gasteiger partial charge in [-0.15, -0.1) is 0 Å². The molecule has 1 N–H and O–H groups in total. The maximum atomic E-state index is 13.4. The van der Waals surface area contributed by atoms with Crippen molar-refractivity contribution < 1.29 is 14.4 Å². The molecule has 1 saturated heterocycles. The molecule has 2 aliphatic carbocycles. The van der Waals surface area contributed by atoms with Crippen molar-refractivity contribution in [2.75, 3.05) is 0 Å². The maximum Gasteiger partial charge on any atom is 0.245 e. The second-order valence-corrected chi connectivity index (χ2v) is 10.1. The number of likely N-dealkylation sites (tertiary alicyclic amines) is 1. The molecular formula is C26H27N5O3. The van der Waals surface area contributed by atoms with Crippen molar-refractivity contribution in [3.05, 3.63) is 60.0 Å². The molecule has 0 unspecified atom stereocenters. The third-order valence-corrected chi connectivity index (χ3v) is 7.72. The van der Waals surface area contributed by atoms with Gasteiger partial charge in [0.1, 0.15) is 18.3 Å². The summed E-state index contributed by atoms with van der Waals surface area (Å²) in [6.45, 7) is 3.52. The summed E-state index contributed by atoms with van der Waals surface area (Å²) in [5, 5.41) is 8.33. The van der Waals surface area contributed by atoms with Gasteiger partial charge < -0.3 is 10.2 Å². The van der Waals surface area contributed by atoms with E-state index in [0.717, 1.165) is 12.8 Å². The van der Waals surface area contributed by atoms with Gasteiger partial charge in [0.25, 0.3) is 0 Å². The van der Waals surface area contributed by atoms with Gasteiger partial charge in [0, 0.05) is 36.0 Å². The first-order valence-electron chi connectivity index (χ1n) is 11.9. The topological polar surface area (TPSA) is 97.2 Å². The Labute approximate surface area is 197 Å². The number of hydrogen-bond acceptors (Lipinski definition) is 5. The molecule has 1 aliphatic heterocycles. The number of pyridine rings is 1. The Morgan fingerprint density at radius 3 is 2.71 bits per heavy atom. The summed E-state index contributed by atoms with van der Waals surface area (Å²) < 4.78 is 1.54. The average molecular weight is 458 g/mol. The zero-order valence-electron chi connectivity index (χ0n) is 19.3. The van der Waals surface area contributed by atoms with Crippen molar-refractivity contribution >= 4 is 28.5 Å². The predicted octanol–water partition coefficient (Wildman–Crippen LogP) is 2.69. The minimum absolute atomic E-state index is 0.0214. The summed E-state index contributed by atoms with van der Waals surface area (Å²) in [5.41, 5.74) is 1.93. The van der Waals surface area contributed by atoms with Crippen LogP contribution in [-0.4, -0.2) is 54.9 Å². The van der Waals surface area contributed by atoms with E-state index < -0.39 is 6.04 Å². The SMILES string of the molecule is CC(=O)c1nn(CC(=O)N2[C@@H]3C[C@@H]3C[C@H]2C(=O)N[C@@]2(C)C[C@@H]2c2ccccc2)c2cnccc12. The fourth-order valence-corrected chi connectivity index (χ4v) is 5.70. The second kappa shape index (κ2) is 7.48. The predicted molar refractivity (Wildman–Crippen MR) is 125 cm³/mol. The van der Waals surface area contributed by atoms with Crippen LogP contribution in [0.2, 0.25) is 0 Å². The Bertz CT molecular complexity index is 1320. The lowest BCUT2D eigenvalue weighted by molar-refractivity contribution is -0.140. The van der Waals surface area contributed by atoms with Crippen molar-refractivity contribution in [1.82, 2.24) is 25.0 Å². The molecule has 2 amide bonds. The number of benzene rings is 1. The van der Waals surface area contributed by atoms with Crippen LogP contribution >= 0.6 is 0 Å². The summed E-state index contributed by atoms with van der Waals surface area (Å²) in [5.74, 6) is 0.312. The fourth-order valence-electron chi connectivity index (χ4n) is 5.70. The van der Waals surface area contributed by atoms with E-state index >= 15 is 0 Å².